The molecule has 0 aliphatic heterocycles. The lowest BCUT2D eigenvalue weighted by Crippen LogP contribution is -1.97. The quantitative estimate of drug-likeness (QED) is 0.575. The van der Waals surface area contributed by atoms with E-state index in [-0.39, 0.29) is 0 Å². The number of aryl methyl sites for hydroxylation is 3. The second-order valence-corrected chi connectivity index (χ2v) is 6.36. The lowest BCUT2D eigenvalue weighted by molar-refractivity contribution is 0.884. The van der Waals surface area contributed by atoms with Crippen molar-refractivity contribution in [2.75, 3.05) is 0 Å². The van der Waals surface area contributed by atoms with Crippen LogP contribution in [0.3, 0.4) is 0 Å². The van der Waals surface area contributed by atoms with Crippen LogP contribution in [0.5, 0.6) is 0 Å². The number of hydrogen-bond acceptors (Lipinski definition) is 6. The summed E-state index contributed by atoms with van der Waals surface area (Å²) < 4.78 is 3.77. The van der Waals surface area contributed by atoms with E-state index in [1.54, 1.807) is 28.2 Å². The van der Waals surface area contributed by atoms with Gasteiger partial charge in [0, 0.05) is 31.0 Å². The van der Waals surface area contributed by atoms with Gasteiger partial charge in [-0.3, -0.25) is 4.98 Å². The van der Waals surface area contributed by atoms with Gasteiger partial charge < -0.3 is 4.57 Å². The Kier molecular flexibility index (Phi) is 3.46. The van der Waals surface area contributed by atoms with Crippen LogP contribution in [-0.2, 0) is 7.05 Å². The molecule has 0 amide bonds. The Morgan fingerprint density at radius 1 is 1.12 bits per heavy atom. The minimum atomic E-state index is 0.635. The fourth-order valence-corrected chi connectivity index (χ4v) is 3.11. The van der Waals surface area contributed by atoms with Crippen molar-refractivity contribution in [2.24, 2.45) is 7.05 Å². The van der Waals surface area contributed by atoms with Crippen molar-refractivity contribution in [1.82, 2.24) is 34.1 Å². The first kappa shape index (κ1) is 14.7. The van der Waals surface area contributed by atoms with E-state index < -0.39 is 0 Å². The highest BCUT2D eigenvalue weighted by Crippen LogP contribution is 2.21. The molecule has 0 saturated carbocycles. The van der Waals surface area contributed by atoms with E-state index in [0.717, 1.165) is 33.6 Å². The van der Waals surface area contributed by atoms with Crippen LogP contribution in [0, 0.1) is 13.8 Å². The Labute approximate surface area is 142 Å². The summed E-state index contributed by atoms with van der Waals surface area (Å²) in [6, 6.07) is 0. The third-order valence-electron chi connectivity index (χ3n) is 3.65. The van der Waals surface area contributed by atoms with Gasteiger partial charge in [0.1, 0.15) is 0 Å². The Morgan fingerprint density at radius 3 is 2.75 bits per heavy atom. The van der Waals surface area contributed by atoms with E-state index in [4.69, 9.17) is 0 Å². The number of rotatable bonds is 3. The molecular weight excluding hydrogens is 322 g/mol. The SMILES string of the molecule is Cc1ncc(C)n2nc(C=Cc3cn(C)c(-c4nccs4)n3)nc12. The van der Waals surface area contributed by atoms with Crippen molar-refractivity contribution in [3.8, 4) is 10.8 Å². The fourth-order valence-electron chi connectivity index (χ4n) is 2.44. The van der Waals surface area contributed by atoms with Gasteiger partial charge >= 0.3 is 0 Å². The van der Waals surface area contributed by atoms with Gasteiger partial charge in [0.15, 0.2) is 22.3 Å². The molecule has 0 radical (unpaired) electrons. The molecule has 0 N–H and O–H groups in total. The first-order valence-electron chi connectivity index (χ1n) is 7.42. The third kappa shape index (κ3) is 2.50. The maximum Gasteiger partial charge on any atom is 0.177 e. The lowest BCUT2D eigenvalue weighted by atomic mass is 10.4. The van der Waals surface area contributed by atoms with Crippen LogP contribution in [0.4, 0.5) is 0 Å². The molecule has 0 bridgehead atoms. The van der Waals surface area contributed by atoms with Crippen molar-refractivity contribution in [2.45, 2.75) is 13.8 Å². The van der Waals surface area contributed by atoms with E-state index in [1.165, 1.54) is 0 Å². The van der Waals surface area contributed by atoms with Gasteiger partial charge in [-0.1, -0.05) is 0 Å². The Hall–Kier alpha value is -2.87. The predicted octanol–water partition coefficient (Wildman–Crippen LogP) is 2.77. The molecular formula is C16H15N7S. The van der Waals surface area contributed by atoms with Crippen LogP contribution in [0.15, 0.2) is 24.0 Å². The minimum Gasteiger partial charge on any atom is -0.331 e. The van der Waals surface area contributed by atoms with Crippen molar-refractivity contribution < 1.29 is 0 Å². The summed E-state index contributed by atoms with van der Waals surface area (Å²) in [5.41, 5.74) is 3.43. The van der Waals surface area contributed by atoms with Gasteiger partial charge in [-0.15, -0.1) is 16.4 Å². The molecule has 0 saturated heterocycles. The van der Waals surface area contributed by atoms with Gasteiger partial charge in [-0.05, 0) is 26.0 Å². The van der Waals surface area contributed by atoms with Gasteiger partial charge in [0.2, 0.25) is 0 Å². The summed E-state index contributed by atoms with van der Waals surface area (Å²) >= 11 is 1.57. The molecule has 4 aromatic heterocycles. The maximum absolute atomic E-state index is 4.61. The topological polar surface area (TPSA) is 73.8 Å². The molecule has 0 spiro atoms. The molecule has 0 aromatic carbocycles. The first-order valence-corrected chi connectivity index (χ1v) is 8.30. The van der Waals surface area contributed by atoms with E-state index in [2.05, 4.69) is 25.0 Å². The zero-order chi connectivity index (χ0) is 16.7. The summed E-state index contributed by atoms with van der Waals surface area (Å²) in [5.74, 6) is 1.49. The number of fused-ring (bicyclic) bond motifs is 1. The van der Waals surface area contributed by atoms with Crippen LogP contribution in [-0.4, -0.2) is 34.1 Å². The first-order chi connectivity index (χ1) is 11.6. The van der Waals surface area contributed by atoms with E-state index in [0.29, 0.717) is 5.82 Å². The largest absolute Gasteiger partial charge is 0.331 e. The summed E-state index contributed by atoms with van der Waals surface area (Å²) in [5, 5.41) is 7.35. The second-order valence-electron chi connectivity index (χ2n) is 5.46. The van der Waals surface area contributed by atoms with E-state index >= 15 is 0 Å². The highest BCUT2D eigenvalue weighted by atomic mass is 32.1. The van der Waals surface area contributed by atoms with E-state index in [1.807, 2.05) is 49.2 Å². The molecule has 0 unspecified atom stereocenters. The molecule has 0 atom stereocenters. The summed E-state index contributed by atoms with van der Waals surface area (Å²) in [4.78, 5) is 17.7. The maximum atomic E-state index is 4.61. The summed E-state index contributed by atoms with van der Waals surface area (Å²) in [6.07, 6.45) is 9.30. The molecule has 4 rings (SSSR count). The standard InChI is InChI=1S/C16H15N7S/c1-10-8-18-11(2)14-20-13(21-23(10)14)5-4-12-9-22(3)15(19-12)16-17-6-7-24-16/h4-9H,1-3H3. The number of aromatic nitrogens is 7. The lowest BCUT2D eigenvalue weighted by Gasteiger charge is -1.97. The van der Waals surface area contributed by atoms with Crippen molar-refractivity contribution in [1.29, 1.82) is 0 Å². The van der Waals surface area contributed by atoms with Gasteiger partial charge in [0.05, 0.1) is 17.1 Å². The molecule has 4 heterocycles. The summed E-state index contributed by atoms with van der Waals surface area (Å²) in [7, 11) is 1.96. The number of nitrogens with zero attached hydrogens (tertiary/aromatic N) is 7. The highest BCUT2D eigenvalue weighted by Gasteiger charge is 2.09. The van der Waals surface area contributed by atoms with Crippen LogP contribution >= 0.6 is 11.3 Å². The zero-order valence-corrected chi connectivity index (χ0v) is 14.3. The Balaban J connectivity index is 1.67. The molecule has 0 aliphatic carbocycles. The number of hydrogen-bond donors (Lipinski definition) is 0. The monoisotopic (exact) mass is 337 g/mol. The van der Waals surface area contributed by atoms with E-state index in [9.17, 15) is 0 Å². The number of thiazole rings is 1. The third-order valence-corrected chi connectivity index (χ3v) is 4.42. The van der Waals surface area contributed by atoms with Crippen molar-refractivity contribution in [3.63, 3.8) is 0 Å². The fraction of sp³-hybridized carbons (Fsp3) is 0.188. The van der Waals surface area contributed by atoms with Gasteiger partial charge in [-0.25, -0.2) is 19.5 Å². The average molecular weight is 337 g/mol. The van der Waals surface area contributed by atoms with Crippen molar-refractivity contribution >= 4 is 29.1 Å². The number of imidazole rings is 1. The van der Waals surface area contributed by atoms with Crippen LogP contribution in [0.1, 0.15) is 22.9 Å². The van der Waals surface area contributed by atoms with Gasteiger partial charge in [0.25, 0.3) is 0 Å². The average Bonchev–Trinajstić information content (AvgIpc) is 3.28. The predicted molar refractivity (Wildman–Crippen MR) is 93.5 cm³/mol. The Bertz CT molecular complexity index is 1000. The molecule has 7 nitrogen and oxygen atoms in total. The summed E-state index contributed by atoms with van der Waals surface area (Å²) in [6.45, 7) is 3.89. The molecule has 120 valence electrons. The molecule has 8 heteroatoms. The zero-order valence-electron chi connectivity index (χ0n) is 13.5. The van der Waals surface area contributed by atoms with Crippen molar-refractivity contribution in [3.05, 3.63) is 46.9 Å². The second kappa shape index (κ2) is 5.64. The normalized spacial score (nSPS) is 11.8. The van der Waals surface area contributed by atoms with Crippen LogP contribution in [0.2, 0.25) is 0 Å². The minimum absolute atomic E-state index is 0.635. The molecule has 0 aliphatic rings. The highest BCUT2D eigenvalue weighted by molar-refractivity contribution is 7.13. The van der Waals surface area contributed by atoms with Gasteiger partial charge in [-0.2, -0.15) is 0 Å². The Morgan fingerprint density at radius 2 is 2.00 bits per heavy atom. The molecule has 24 heavy (non-hydrogen) atoms. The molecule has 4 aromatic rings. The van der Waals surface area contributed by atoms with Crippen LogP contribution in [0.25, 0.3) is 28.6 Å². The smallest absolute Gasteiger partial charge is 0.177 e. The molecule has 0 fully saturated rings. The van der Waals surface area contributed by atoms with Crippen LogP contribution < -0.4 is 0 Å².